The van der Waals surface area contributed by atoms with Crippen LogP contribution in [0.25, 0.3) is 0 Å². The second kappa shape index (κ2) is 7.59. The quantitative estimate of drug-likeness (QED) is 0.625. The van der Waals surface area contributed by atoms with Gasteiger partial charge in [-0.3, -0.25) is 10.6 Å². The topological polar surface area (TPSA) is 142 Å². The Balaban J connectivity index is 2.03. The fourth-order valence-electron chi connectivity index (χ4n) is 1.91. The first-order valence-corrected chi connectivity index (χ1v) is 6.83. The minimum Gasteiger partial charge on any atom is -0.478 e. The normalized spacial score (nSPS) is 9.76. The third-order valence-corrected chi connectivity index (χ3v) is 2.97. The van der Waals surface area contributed by atoms with Gasteiger partial charge in [-0.2, -0.15) is 0 Å². The first-order chi connectivity index (χ1) is 11.9. The highest BCUT2D eigenvalue weighted by Crippen LogP contribution is 2.17. The fraction of sp³-hybridized carbons (Fsp3) is 0. The van der Waals surface area contributed by atoms with E-state index in [1.807, 2.05) is 0 Å². The van der Waals surface area contributed by atoms with E-state index < -0.39 is 24.1 Å². The number of carboxylic acids is 2. The van der Waals surface area contributed by atoms with Crippen molar-refractivity contribution in [1.82, 2.24) is 0 Å². The monoisotopic (exact) mass is 344 g/mol. The van der Waals surface area contributed by atoms with Gasteiger partial charge >= 0.3 is 24.1 Å². The number of carboxylic acid groups (broad SMARTS) is 2. The Bertz CT molecular complexity index is 778. The summed E-state index contributed by atoms with van der Waals surface area (Å²) >= 11 is 0. The third-order valence-electron chi connectivity index (χ3n) is 2.97. The van der Waals surface area contributed by atoms with Crippen molar-refractivity contribution < 1.29 is 34.1 Å². The predicted molar refractivity (Wildman–Crippen MR) is 85.9 cm³/mol. The minimum absolute atomic E-state index is 0.0567. The van der Waals surface area contributed by atoms with Crippen LogP contribution in [0.1, 0.15) is 20.7 Å². The van der Waals surface area contributed by atoms with Gasteiger partial charge in [0.05, 0.1) is 22.5 Å². The molecule has 128 valence electrons. The molecule has 9 heteroatoms. The molecule has 2 amide bonds. The lowest BCUT2D eigenvalue weighted by Gasteiger charge is -2.10. The molecule has 0 bridgehead atoms. The van der Waals surface area contributed by atoms with Gasteiger partial charge in [0.15, 0.2) is 0 Å². The molecule has 0 saturated heterocycles. The average Bonchev–Trinajstić information content (AvgIpc) is 2.55. The van der Waals surface area contributed by atoms with Gasteiger partial charge in [0, 0.05) is 0 Å². The SMILES string of the molecule is O=C(Nc1ccccc1C(=O)O)OC(=O)Nc1ccccc1C(=O)O. The molecule has 25 heavy (non-hydrogen) atoms. The fourth-order valence-corrected chi connectivity index (χ4v) is 1.91. The van der Waals surface area contributed by atoms with Gasteiger partial charge in [-0.25, -0.2) is 19.2 Å². The van der Waals surface area contributed by atoms with E-state index in [0.29, 0.717) is 0 Å². The van der Waals surface area contributed by atoms with E-state index in [4.69, 9.17) is 10.2 Å². The average molecular weight is 344 g/mol. The second-order valence-corrected chi connectivity index (χ2v) is 4.63. The van der Waals surface area contributed by atoms with Crippen LogP contribution in [-0.2, 0) is 4.74 Å². The number of amides is 2. The van der Waals surface area contributed by atoms with Crippen LogP contribution >= 0.6 is 0 Å². The van der Waals surface area contributed by atoms with Gasteiger partial charge in [-0.1, -0.05) is 24.3 Å². The molecule has 0 fully saturated rings. The number of carbonyl (C=O) groups is 4. The van der Waals surface area contributed by atoms with Gasteiger partial charge in [0.2, 0.25) is 0 Å². The standard InChI is InChI=1S/C16H12N2O7/c19-13(20)9-5-1-3-7-11(9)17-15(23)25-16(24)18-12-8-4-2-6-10(12)14(21)22/h1-8H,(H,17,23)(H,18,24)(H,19,20)(H,21,22). The molecule has 9 nitrogen and oxygen atoms in total. The molecule has 0 spiro atoms. The van der Waals surface area contributed by atoms with Gasteiger partial charge in [0.25, 0.3) is 0 Å². The van der Waals surface area contributed by atoms with E-state index in [0.717, 1.165) is 0 Å². The summed E-state index contributed by atoms with van der Waals surface area (Å²) in [6.45, 7) is 0. The molecular formula is C16H12N2O7. The molecule has 0 atom stereocenters. The summed E-state index contributed by atoms with van der Waals surface area (Å²) < 4.78 is 4.44. The zero-order valence-electron chi connectivity index (χ0n) is 12.6. The maximum Gasteiger partial charge on any atom is 0.420 e. The van der Waals surface area contributed by atoms with E-state index in [9.17, 15) is 19.2 Å². The van der Waals surface area contributed by atoms with Crippen LogP contribution in [0.15, 0.2) is 48.5 Å². The van der Waals surface area contributed by atoms with Crippen LogP contribution in [0.4, 0.5) is 21.0 Å². The number of anilines is 2. The Morgan fingerprint density at radius 3 is 1.40 bits per heavy atom. The zero-order valence-corrected chi connectivity index (χ0v) is 12.6. The minimum atomic E-state index is -1.27. The van der Waals surface area contributed by atoms with E-state index in [1.165, 1.54) is 48.5 Å². The van der Waals surface area contributed by atoms with Gasteiger partial charge in [0.1, 0.15) is 0 Å². The van der Waals surface area contributed by atoms with Crippen molar-refractivity contribution in [2.45, 2.75) is 0 Å². The van der Waals surface area contributed by atoms with E-state index in [1.54, 1.807) is 0 Å². The number of nitrogens with one attached hydrogen (secondary N) is 2. The molecule has 2 aromatic carbocycles. The number of hydrogen-bond acceptors (Lipinski definition) is 5. The Labute approximate surface area is 140 Å². The van der Waals surface area contributed by atoms with Crippen molar-refractivity contribution in [3.8, 4) is 0 Å². The van der Waals surface area contributed by atoms with Crippen molar-refractivity contribution in [2.24, 2.45) is 0 Å². The van der Waals surface area contributed by atoms with Crippen LogP contribution in [0.2, 0.25) is 0 Å². The molecule has 0 aliphatic heterocycles. The van der Waals surface area contributed by atoms with Crippen molar-refractivity contribution >= 4 is 35.5 Å². The Kier molecular flexibility index (Phi) is 5.31. The maximum absolute atomic E-state index is 11.7. The van der Waals surface area contributed by atoms with Crippen LogP contribution in [0, 0.1) is 0 Å². The van der Waals surface area contributed by atoms with Gasteiger partial charge < -0.3 is 14.9 Å². The molecule has 4 N–H and O–H groups in total. The molecule has 2 rings (SSSR count). The molecule has 0 radical (unpaired) electrons. The number of benzene rings is 2. The number of rotatable bonds is 4. The second-order valence-electron chi connectivity index (χ2n) is 4.63. The zero-order chi connectivity index (χ0) is 18.4. The van der Waals surface area contributed by atoms with Crippen LogP contribution in [-0.4, -0.2) is 34.3 Å². The van der Waals surface area contributed by atoms with Crippen LogP contribution in [0.5, 0.6) is 0 Å². The lowest BCUT2D eigenvalue weighted by atomic mass is 10.2. The first kappa shape index (κ1) is 17.5. The van der Waals surface area contributed by atoms with Gasteiger partial charge in [-0.15, -0.1) is 0 Å². The number of carbonyl (C=O) groups excluding carboxylic acids is 2. The molecular weight excluding hydrogens is 332 g/mol. The molecule has 0 aliphatic rings. The number of hydrogen-bond donors (Lipinski definition) is 4. The van der Waals surface area contributed by atoms with Crippen LogP contribution < -0.4 is 10.6 Å². The van der Waals surface area contributed by atoms with Gasteiger partial charge in [-0.05, 0) is 24.3 Å². The van der Waals surface area contributed by atoms with Crippen molar-refractivity contribution in [3.05, 3.63) is 59.7 Å². The number of aromatic carboxylic acids is 2. The van der Waals surface area contributed by atoms with Crippen molar-refractivity contribution in [2.75, 3.05) is 10.6 Å². The lowest BCUT2D eigenvalue weighted by Crippen LogP contribution is -2.24. The third kappa shape index (κ3) is 4.55. The number of para-hydroxylation sites is 2. The lowest BCUT2D eigenvalue weighted by molar-refractivity contribution is 0.0687. The molecule has 0 aromatic heterocycles. The summed E-state index contributed by atoms with van der Waals surface area (Å²) in [5, 5.41) is 22.3. The summed E-state index contributed by atoms with van der Waals surface area (Å²) in [6.07, 6.45) is -2.45. The number of ether oxygens (including phenoxy) is 1. The Morgan fingerprint density at radius 1 is 0.680 bits per heavy atom. The Morgan fingerprint density at radius 2 is 1.04 bits per heavy atom. The molecule has 0 aliphatic carbocycles. The summed E-state index contributed by atoms with van der Waals surface area (Å²) in [4.78, 5) is 45.5. The molecule has 0 saturated carbocycles. The summed E-state index contributed by atoms with van der Waals surface area (Å²) in [6, 6.07) is 11.1. The summed E-state index contributed by atoms with van der Waals surface area (Å²) in [7, 11) is 0. The van der Waals surface area contributed by atoms with E-state index >= 15 is 0 Å². The summed E-state index contributed by atoms with van der Waals surface area (Å²) in [5.41, 5.74) is -0.482. The first-order valence-electron chi connectivity index (χ1n) is 6.83. The van der Waals surface area contributed by atoms with E-state index in [-0.39, 0.29) is 22.5 Å². The highest BCUT2D eigenvalue weighted by atomic mass is 16.6. The highest BCUT2D eigenvalue weighted by Gasteiger charge is 2.17. The largest absolute Gasteiger partial charge is 0.478 e. The smallest absolute Gasteiger partial charge is 0.420 e. The predicted octanol–water partition coefficient (Wildman–Crippen LogP) is 2.86. The highest BCUT2D eigenvalue weighted by molar-refractivity contribution is 6.04. The van der Waals surface area contributed by atoms with E-state index in [2.05, 4.69) is 15.4 Å². The van der Waals surface area contributed by atoms with Crippen molar-refractivity contribution in [3.63, 3.8) is 0 Å². The summed E-state index contributed by atoms with van der Waals surface area (Å²) in [5.74, 6) is -2.54. The molecule has 0 unspecified atom stereocenters. The molecule has 0 heterocycles. The Hall–Kier alpha value is -3.88. The van der Waals surface area contributed by atoms with Crippen molar-refractivity contribution in [1.29, 1.82) is 0 Å². The van der Waals surface area contributed by atoms with Crippen LogP contribution in [0.3, 0.4) is 0 Å². The molecule has 2 aromatic rings. The maximum atomic E-state index is 11.7.